The van der Waals surface area contributed by atoms with Crippen LogP contribution in [0.1, 0.15) is 28.8 Å². The van der Waals surface area contributed by atoms with E-state index in [1.807, 2.05) is 30.3 Å². The van der Waals surface area contributed by atoms with Crippen molar-refractivity contribution in [3.05, 3.63) is 65.5 Å². The summed E-state index contributed by atoms with van der Waals surface area (Å²) in [6, 6.07) is 11.6. The fourth-order valence-corrected chi connectivity index (χ4v) is 4.28. The summed E-state index contributed by atoms with van der Waals surface area (Å²) in [6.45, 7) is 0.567. The molecule has 0 aliphatic carbocycles. The smallest absolute Gasteiger partial charge is 0.255 e. The minimum atomic E-state index is -0.833. The van der Waals surface area contributed by atoms with Crippen LogP contribution in [0.4, 0.5) is 4.39 Å². The summed E-state index contributed by atoms with van der Waals surface area (Å²) in [6.07, 6.45) is 0.851. The molecule has 8 nitrogen and oxygen atoms in total. The second kappa shape index (κ2) is 9.99. The van der Waals surface area contributed by atoms with Gasteiger partial charge in [0.2, 0.25) is 11.8 Å². The highest BCUT2D eigenvalue weighted by Gasteiger charge is 2.38. The molecule has 0 saturated carbocycles. The third kappa shape index (κ3) is 5.48. The molecule has 2 aromatic rings. The molecule has 3 atom stereocenters. The molecule has 3 amide bonds. The fourth-order valence-electron chi connectivity index (χ4n) is 4.28. The van der Waals surface area contributed by atoms with Gasteiger partial charge in [0.05, 0.1) is 18.0 Å². The van der Waals surface area contributed by atoms with Crippen LogP contribution >= 0.6 is 0 Å². The molecule has 174 valence electrons. The zero-order chi connectivity index (χ0) is 23.4. The molecule has 4 rings (SSSR count). The fraction of sp³-hybridized carbons (Fsp3) is 0.375. The van der Waals surface area contributed by atoms with Gasteiger partial charge in [-0.05, 0) is 36.6 Å². The number of rotatable bonds is 3. The van der Waals surface area contributed by atoms with Crippen molar-refractivity contribution in [2.45, 2.75) is 37.4 Å². The number of carbonyl (C=O) groups is 3. The molecule has 2 aliphatic heterocycles. The van der Waals surface area contributed by atoms with Gasteiger partial charge in [0.25, 0.3) is 5.91 Å². The van der Waals surface area contributed by atoms with Gasteiger partial charge in [-0.2, -0.15) is 0 Å². The van der Waals surface area contributed by atoms with Crippen LogP contribution in [0.5, 0.6) is 5.75 Å². The van der Waals surface area contributed by atoms with Gasteiger partial charge in [0.1, 0.15) is 24.2 Å². The standard InChI is InChI=1S/C24H27FN4O4/c25-16-6-7-21-19(11-16)23(31)27-9-8-20(28-22(30)10-15-4-2-1-3-5-15)24(32)29-13-17(26)12-18(29)14-33-21/h1-7,11,17-18,20H,8-10,12-14,26H2,(H,27,31)(H,28,30)/t17-,18-,20-/m0/s1. The highest BCUT2D eigenvalue weighted by Crippen LogP contribution is 2.24. The van der Waals surface area contributed by atoms with Crippen LogP contribution in [0, 0.1) is 5.82 Å². The van der Waals surface area contributed by atoms with E-state index in [0.29, 0.717) is 13.0 Å². The van der Waals surface area contributed by atoms with Gasteiger partial charge >= 0.3 is 0 Å². The third-order valence-electron chi connectivity index (χ3n) is 5.91. The lowest BCUT2D eigenvalue weighted by atomic mass is 10.1. The first-order valence-electron chi connectivity index (χ1n) is 11.0. The summed E-state index contributed by atoms with van der Waals surface area (Å²) >= 11 is 0. The van der Waals surface area contributed by atoms with Crippen molar-refractivity contribution in [1.82, 2.24) is 15.5 Å². The topological polar surface area (TPSA) is 114 Å². The van der Waals surface area contributed by atoms with Gasteiger partial charge in [-0.25, -0.2) is 4.39 Å². The van der Waals surface area contributed by atoms with Crippen molar-refractivity contribution in [2.75, 3.05) is 19.7 Å². The Morgan fingerprint density at radius 3 is 2.79 bits per heavy atom. The average Bonchev–Trinajstić information content (AvgIpc) is 3.17. The van der Waals surface area contributed by atoms with E-state index in [4.69, 9.17) is 10.5 Å². The summed E-state index contributed by atoms with van der Waals surface area (Å²) in [4.78, 5) is 40.3. The number of benzene rings is 2. The molecular weight excluding hydrogens is 427 g/mol. The molecule has 1 fully saturated rings. The second-order valence-electron chi connectivity index (χ2n) is 8.42. The molecule has 0 spiro atoms. The summed E-state index contributed by atoms with van der Waals surface area (Å²) in [5.74, 6) is -1.36. The van der Waals surface area contributed by atoms with Crippen molar-refractivity contribution < 1.29 is 23.5 Å². The molecule has 4 N–H and O–H groups in total. The summed E-state index contributed by atoms with van der Waals surface area (Å²) in [7, 11) is 0. The van der Waals surface area contributed by atoms with Gasteiger partial charge in [-0.1, -0.05) is 30.3 Å². The SMILES string of the molecule is N[C@H]1C[C@H]2COc3ccc(F)cc3C(=O)NCC[C@H](NC(=O)Cc3ccccc3)C(=O)N2C1. The maximum absolute atomic E-state index is 13.8. The Bertz CT molecular complexity index is 1030. The summed E-state index contributed by atoms with van der Waals surface area (Å²) < 4.78 is 19.6. The van der Waals surface area contributed by atoms with E-state index in [1.54, 1.807) is 4.90 Å². The van der Waals surface area contributed by atoms with Crippen molar-refractivity contribution in [3.63, 3.8) is 0 Å². The highest BCUT2D eigenvalue weighted by molar-refractivity contribution is 5.97. The molecule has 2 heterocycles. The lowest BCUT2D eigenvalue weighted by Crippen LogP contribution is -2.53. The van der Waals surface area contributed by atoms with E-state index in [1.165, 1.54) is 12.1 Å². The Kier molecular flexibility index (Phi) is 6.88. The maximum atomic E-state index is 13.8. The number of amides is 3. The molecule has 0 bridgehead atoms. The quantitative estimate of drug-likeness (QED) is 0.640. The lowest BCUT2D eigenvalue weighted by molar-refractivity contribution is -0.137. The van der Waals surface area contributed by atoms with Crippen molar-refractivity contribution >= 4 is 17.7 Å². The highest BCUT2D eigenvalue weighted by atomic mass is 19.1. The minimum Gasteiger partial charge on any atom is -0.491 e. The van der Waals surface area contributed by atoms with Crippen molar-refractivity contribution in [1.29, 1.82) is 0 Å². The molecular formula is C24H27FN4O4. The molecule has 0 radical (unpaired) electrons. The minimum absolute atomic E-state index is 0.0837. The molecule has 33 heavy (non-hydrogen) atoms. The average molecular weight is 455 g/mol. The first kappa shape index (κ1) is 22.7. The molecule has 2 aromatic carbocycles. The Hall–Kier alpha value is -3.46. The normalized spacial score (nSPS) is 23.3. The number of hydrogen-bond donors (Lipinski definition) is 3. The summed E-state index contributed by atoms with van der Waals surface area (Å²) in [5, 5.41) is 5.51. The van der Waals surface area contributed by atoms with Gasteiger partial charge in [0, 0.05) is 19.1 Å². The largest absolute Gasteiger partial charge is 0.491 e. The van der Waals surface area contributed by atoms with E-state index in [0.717, 1.165) is 11.6 Å². The predicted molar refractivity (Wildman–Crippen MR) is 119 cm³/mol. The first-order chi connectivity index (χ1) is 15.9. The number of carbonyl (C=O) groups excluding carboxylic acids is 3. The number of nitrogens with zero attached hydrogens (tertiary/aromatic N) is 1. The number of hydrogen-bond acceptors (Lipinski definition) is 5. The number of fused-ring (bicyclic) bond motifs is 2. The van der Waals surface area contributed by atoms with E-state index in [2.05, 4.69) is 10.6 Å². The second-order valence-corrected chi connectivity index (χ2v) is 8.42. The van der Waals surface area contributed by atoms with Crippen molar-refractivity contribution in [2.24, 2.45) is 5.73 Å². The first-order valence-corrected chi connectivity index (χ1v) is 11.0. The van der Waals surface area contributed by atoms with Crippen LogP contribution in [-0.4, -0.2) is 60.4 Å². The van der Waals surface area contributed by atoms with E-state index in [-0.39, 0.29) is 61.2 Å². The Labute approximate surface area is 191 Å². The zero-order valence-electron chi connectivity index (χ0n) is 18.1. The van der Waals surface area contributed by atoms with Crippen molar-refractivity contribution in [3.8, 4) is 5.75 Å². The number of nitrogens with two attached hydrogens (primary N) is 1. The zero-order valence-corrected chi connectivity index (χ0v) is 18.1. The predicted octanol–water partition coefficient (Wildman–Crippen LogP) is 0.994. The molecule has 1 saturated heterocycles. The van der Waals surface area contributed by atoms with Crippen LogP contribution in [0.25, 0.3) is 0 Å². The number of nitrogens with one attached hydrogen (secondary N) is 2. The Morgan fingerprint density at radius 2 is 2.00 bits per heavy atom. The van der Waals surface area contributed by atoms with E-state index < -0.39 is 17.8 Å². The molecule has 0 aromatic heterocycles. The van der Waals surface area contributed by atoms with Crippen LogP contribution < -0.4 is 21.1 Å². The van der Waals surface area contributed by atoms with Gasteiger partial charge < -0.3 is 26.0 Å². The Balaban J connectivity index is 1.55. The van der Waals surface area contributed by atoms with Gasteiger partial charge in [-0.15, -0.1) is 0 Å². The van der Waals surface area contributed by atoms with Crippen LogP contribution in [0.2, 0.25) is 0 Å². The number of ether oxygens (including phenoxy) is 1. The van der Waals surface area contributed by atoms with E-state index >= 15 is 0 Å². The van der Waals surface area contributed by atoms with Crippen LogP contribution in [-0.2, 0) is 16.0 Å². The summed E-state index contributed by atoms with van der Waals surface area (Å²) in [5.41, 5.74) is 7.05. The molecule has 0 unspecified atom stereocenters. The van der Waals surface area contributed by atoms with Crippen LogP contribution in [0.3, 0.4) is 0 Å². The van der Waals surface area contributed by atoms with Gasteiger partial charge in [0.15, 0.2) is 0 Å². The molecule has 9 heteroatoms. The van der Waals surface area contributed by atoms with Gasteiger partial charge in [-0.3, -0.25) is 14.4 Å². The maximum Gasteiger partial charge on any atom is 0.255 e. The Morgan fingerprint density at radius 1 is 1.21 bits per heavy atom. The third-order valence-corrected chi connectivity index (χ3v) is 5.91. The molecule has 2 aliphatic rings. The monoisotopic (exact) mass is 454 g/mol. The number of halogens is 1. The lowest BCUT2D eigenvalue weighted by Gasteiger charge is -2.30. The van der Waals surface area contributed by atoms with E-state index in [9.17, 15) is 18.8 Å². The van der Waals surface area contributed by atoms with Crippen LogP contribution in [0.15, 0.2) is 48.5 Å².